The highest BCUT2D eigenvalue weighted by Gasteiger charge is 2.14. The summed E-state index contributed by atoms with van der Waals surface area (Å²) in [6.07, 6.45) is 1.69. The van der Waals surface area contributed by atoms with Crippen molar-refractivity contribution in [3.05, 3.63) is 11.5 Å². The summed E-state index contributed by atoms with van der Waals surface area (Å²) >= 11 is 19.2. The Kier molecular flexibility index (Phi) is 9.70. The molecule has 0 fully saturated rings. The van der Waals surface area contributed by atoms with Crippen molar-refractivity contribution < 1.29 is 9.05 Å². The molecule has 0 aliphatic heterocycles. The molecule has 14 heavy (non-hydrogen) atoms. The molecular formula is C6H11Cl2O2PS3. The third-order valence-corrected chi connectivity index (χ3v) is 8.50. The van der Waals surface area contributed by atoms with Crippen LogP contribution in [0.3, 0.4) is 0 Å². The number of allylic oxidation sites excluding steroid dienone is 1. The molecule has 0 radical (unpaired) electrons. The average molecular weight is 313 g/mol. The van der Waals surface area contributed by atoms with Crippen LogP contribution in [-0.4, -0.2) is 24.1 Å². The van der Waals surface area contributed by atoms with E-state index < -0.39 is 10.5 Å². The van der Waals surface area contributed by atoms with Gasteiger partial charge in [0.15, 0.2) is 0 Å². The fraction of sp³-hybridized carbons (Fsp3) is 0.667. The lowest BCUT2D eigenvalue weighted by Crippen LogP contribution is -1.82. The molecule has 0 aliphatic rings. The maximum atomic E-state index is 5.50. The zero-order valence-corrected chi connectivity index (χ0v) is 12.5. The van der Waals surface area contributed by atoms with Gasteiger partial charge >= 0.3 is 0 Å². The molecule has 0 saturated carbocycles. The van der Waals surface area contributed by atoms with Crippen LogP contribution in [-0.2, 0) is 20.9 Å². The van der Waals surface area contributed by atoms with Gasteiger partial charge in [-0.2, -0.15) is 0 Å². The molecule has 0 atom stereocenters. The van der Waals surface area contributed by atoms with Gasteiger partial charge in [0.05, 0.1) is 5.08 Å². The van der Waals surface area contributed by atoms with E-state index in [1.807, 2.05) is 5.41 Å². The summed E-state index contributed by atoms with van der Waals surface area (Å²) in [7, 11) is 3.12. The molecule has 0 rings (SSSR count). The maximum absolute atomic E-state index is 5.50. The number of halogens is 2. The Morgan fingerprint density at radius 2 is 2.00 bits per heavy atom. The van der Waals surface area contributed by atoms with Gasteiger partial charge in [-0.3, -0.25) is 0 Å². The first-order valence-electron chi connectivity index (χ1n) is 3.46. The van der Waals surface area contributed by atoms with Crippen molar-refractivity contribution in [3.8, 4) is 0 Å². The van der Waals surface area contributed by atoms with Gasteiger partial charge in [0.2, 0.25) is 5.69 Å². The van der Waals surface area contributed by atoms with E-state index in [1.165, 1.54) is 11.4 Å². The van der Waals surface area contributed by atoms with Crippen LogP contribution in [0.25, 0.3) is 0 Å². The van der Waals surface area contributed by atoms with Crippen molar-refractivity contribution in [2.75, 3.05) is 19.3 Å². The second-order valence-corrected chi connectivity index (χ2v) is 10.8. The first-order chi connectivity index (χ1) is 6.54. The summed E-state index contributed by atoms with van der Waals surface area (Å²) in [6, 6.07) is 0. The Morgan fingerprint density at radius 3 is 2.43 bits per heavy atom. The van der Waals surface area contributed by atoms with Gasteiger partial charge in [-0.25, -0.2) is 0 Å². The first kappa shape index (κ1) is 15.6. The Morgan fingerprint density at radius 1 is 1.43 bits per heavy atom. The number of alkyl halides is 2. The highest BCUT2D eigenvalue weighted by atomic mass is 35.5. The molecule has 0 aromatic heterocycles. The van der Waals surface area contributed by atoms with Crippen LogP contribution in [0.4, 0.5) is 0 Å². The van der Waals surface area contributed by atoms with Gasteiger partial charge in [0.1, 0.15) is 4.84 Å². The van der Waals surface area contributed by atoms with Gasteiger partial charge in [0.25, 0.3) is 0 Å². The topological polar surface area (TPSA) is 18.5 Å². The monoisotopic (exact) mass is 312 g/mol. The summed E-state index contributed by atoms with van der Waals surface area (Å²) in [6.45, 7) is 0. The summed E-state index contributed by atoms with van der Waals surface area (Å²) in [5.41, 5.74) is -2.12. The molecule has 2 nitrogen and oxygen atoms in total. The molecule has 0 N–H and O–H groups in total. The van der Waals surface area contributed by atoms with Crippen LogP contribution in [0.15, 0.2) is 11.5 Å². The molecule has 0 aliphatic carbocycles. The molecule has 84 valence electrons. The number of thioether (sulfide) groups is 1. The van der Waals surface area contributed by atoms with Gasteiger partial charge in [-0.15, -0.1) is 35.0 Å². The van der Waals surface area contributed by atoms with Crippen molar-refractivity contribution >= 4 is 63.8 Å². The maximum Gasteiger partial charge on any atom is 0.247 e. The van der Waals surface area contributed by atoms with E-state index in [4.69, 9.17) is 44.1 Å². The van der Waals surface area contributed by atoms with E-state index in [2.05, 4.69) is 0 Å². The molecule has 0 saturated heterocycles. The average Bonchev–Trinajstić information content (AvgIpc) is 2.16. The van der Waals surface area contributed by atoms with Crippen LogP contribution >= 0.6 is 52.0 Å². The van der Waals surface area contributed by atoms with Gasteiger partial charge < -0.3 is 9.05 Å². The van der Waals surface area contributed by atoms with Crippen molar-refractivity contribution in [2.45, 2.75) is 4.84 Å². The fourth-order valence-electron chi connectivity index (χ4n) is 0.429. The van der Waals surface area contributed by atoms with Crippen molar-refractivity contribution in [1.82, 2.24) is 0 Å². The third kappa shape index (κ3) is 7.83. The highest BCUT2D eigenvalue weighted by molar-refractivity contribution is 8.69. The molecular weight excluding hydrogens is 302 g/mol. The van der Waals surface area contributed by atoms with Crippen LogP contribution in [0.2, 0.25) is 0 Å². The normalized spacial score (nSPS) is 12.9. The molecule has 0 aromatic rings. The largest absolute Gasteiger partial charge is 0.325 e. The Hall–Kier alpha value is 1.59. The van der Waals surface area contributed by atoms with Gasteiger partial charge in [-0.05, 0) is 23.3 Å². The Labute approximate surface area is 108 Å². The standard InChI is InChI=1S/C6H11Cl2O2PS3/c1-9-11(12,10-2)14-5-13-4-3-6(7)8/h3-4,6H,5H2,1-2H3/b4-3+. The van der Waals surface area contributed by atoms with E-state index in [0.29, 0.717) is 0 Å². The molecule has 8 heteroatoms. The molecule has 0 unspecified atom stereocenters. The highest BCUT2D eigenvalue weighted by Crippen LogP contribution is 2.60. The molecule has 0 bridgehead atoms. The molecule has 0 heterocycles. The van der Waals surface area contributed by atoms with Crippen molar-refractivity contribution in [2.24, 2.45) is 0 Å². The second-order valence-electron chi connectivity index (χ2n) is 1.89. The minimum atomic E-state index is -2.12. The number of hydrogen-bond acceptors (Lipinski definition) is 5. The lowest BCUT2D eigenvalue weighted by molar-refractivity contribution is 0.354. The second kappa shape index (κ2) is 8.71. The fourth-order valence-corrected chi connectivity index (χ4v) is 5.95. The van der Waals surface area contributed by atoms with Crippen LogP contribution < -0.4 is 0 Å². The zero-order chi connectivity index (χ0) is 11.0. The van der Waals surface area contributed by atoms with Crippen molar-refractivity contribution in [3.63, 3.8) is 0 Å². The predicted molar refractivity (Wildman–Crippen MR) is 73.0 cm³/mol. The molecule has 0 spiro atoms. The number of rotatable bonds is 7. The van der Waals surface area contributed by atoms with Crippen LogP contribution in [0.5, 0.6) is 0 Å². The van der Waals surface area contributed by atoms with Crippen molar-refractivity contribution in [1.29, 1.82) is 0 Å². The number of hydrogen-bond donors (Lipinski definition) is 0. The third-order valence-electron chi connectivity index (χ3n) is 1.05. The lowest BCUT2D eigenvalue weighted by Gasteiger charge is -2.15. The Bertz CT molecular complexity index is 217. The molecule has 0 aromatic carbocycles. The lowest BCUT2D eigenvalue weighted by atomic mass is 10.8. The SMILES string of the molecule is COP(=S)(OC)SCS/C=C/C(Cl)Cl. The minimum Gasteiger partial charge on any atom is -0.325 e. The van der Waals surface area contributed by atoms with Gasteiger partial charge in [0, 0.05) is 14.2 Å². The molecule has 0 amide bonds. The van der Waals surface area contributed by atoms with Crippen LogP contribution in [0, 0.1) is 0 Å². The minimum absolute atomic E-state index is 0.458. The quantitative estimate of drug-likeness (QED) is 0.302. The Balaban J connectivity index is 3.68. The zero-order valence-electron chi connectivity index (χ0n) is 7.68. The summed E-state index contributed by atoms with van der Waals surface area (Å²) in [5, 5.41) is 2.60. The predicted octanol–water partition coefficient (Wildman–Crippen LogP) is 4.25. The first-order valence-corrected chi connectivity index (χ1v) is 9.61. The summed E-state index contributed by atoms with van der Waals surface area (Å²) < 4.78 is 10.2. The van der Waals surface area contributed by atoms with E-state index in [1.54, 1.807) is 32.1 Å². The smallest absolute Gasteiger partial charge is 0.247 e. The summed E-state index contributed by atoms with van der Waals surface area (Å²) in [5.74, 6) is 0. The van der Waals surface area contributed by atoms with Gasteiger partial charge in [-0.1, -0.05) is 11.4 Å². The van der Waals surface area contributed by atoms with Crippen LogP contribution in [0.1, 0.15) is 0 Å². The van der Waals surface area contributed by atoms with E-state index in [-0.39, 0.29) is 0 Å². The van der Waals surface area contributed by atoms with E-state index >= 15 is 0 Å². The van der Waals surface area contributed by atoms with E-state index in [0.717, 1.165) is 5.08 Å². The summed E-state index contributed by atoms with van der Waals surface area (Å²) in [4.78, 5) is -0.458. The van der Waals surface area contributed by atoms with E-state index in [9.17, 15) is 0 Å².